The lowest BCUT2D eigenvalue weighted by Crippen LogP contribution is -2.67. The van der Waals surface area contributed by atoms with E-state index in [0.717, 1.165) is 24.9 Å². The van der Waals surface area contributed by atoms with Crippen molar-refractivity contribution in [2.45, 2.75) is 25.4 Å². The second kappa shape index (κ2) is 6.55. The third-order valence-corrected chi connectivity index (χ3v) is 6.67. The Balaban J connectivity index is 1.53. The summed E-state index contributed by atoms with van der Waals surface area (Å²) in [5.74, 6) is 0.975. The molecule has 0 amide bonds. The minimum atomic E-state index is -3.34. The van der Waals surface area contributed by atoms with Gasteiger partial charge in [0.15, 0.2) is 0 Å². The van der Waals surface area contributed by atoms with Crippen LogP contribution >= 0.6 is 0 Å². The number of rotatable bonds is 6. The molecule has 134 valence electrons. The molecule has 1 aromatic heterocycles. The molecule has 24 heavy (non-hydrogen) atoms. The lowest BCUT2D eigenvalue weighted by Gasteiger charge is -2.49. The minimum absolute atomic E-state index is 0.321. The Hall–Kier alpha value is -1.29. The van der Waals surface area contributed by atoms with E-state index < -0.39 is 10.2 Å². The van der Waals surface area contributed by atoms with Gasteiger partial charge in [0.2, 0.25) is 5.95 Å². The number of nitrogens with one attached hydrogen (secondary N) is 1. The Kier molecular flexibility index (Phi) is 4.78. The highest BCUT2D eigenvalue weighted by molar-refractivity contribution is 7.86. The summed E-state index contributed by atoms with van der Waals surface area (Å²) in [5.41, 5.74) is 0.708. The number of ether oxygens (including phenoxy) is 1. The molecule has 1 spiro atoms. The van der Waals surface area contributed by atoms with E-state index >= 15 is 0 Å². The van der Waals surface area contributed by atoms with E-state index in [1.807, 2.05) is 6.92 Å². The first-order chi connectivity index (χ1) is 11.3. The van der Waals surface area contributed by atoms with Crippen LogP contribution < -0.4 is 5.32 Å². The molecule has 0 aliphatic carbocycles. The van der Waals surface area contributed by atoms with Crippen molar-refractivity contribution in [1.82, 2.24) is 18.6 Å². The van der Waals surface area contributed by atoms with Crippen LogP contribution in [0.5, 0.6) is 0 Å². The van der Waals surface area contributed by atoms with Gasteiger partial charge in [-0.2, -0.15) is 17.0 Å². The van der Waals surface area contributed by atoms with E-state index in [0.29, 0.717) is 31.6 Å². The van der Waals surface area contributed by atoms with E-state index in [4.69, 9.17) is 4.74 Å². The Morgan fingerprint density at radius 1 is 1.38 bits per heavy atom. The second-order valence-corrected chi connectivity index (χ2v) is 8.90. The smallest absolute Gasteiger partial charge is 0.281 e. The van der Waals surface area contributed by atoms with Crippen LogP contribution in [0.1, 0.15) is 18.4 Å². The third kappa shape index (κ3) is 3.26. The molecule has 0 aromatic carbocycles. The van der Waals surface area contributed by atoms with Crippen molar-refractivity contribution in [1.29, 1.82) is 0 Å². The molecule has 2 saturated heterocycles. The maximum absolute atomic E-state index is 12.2. The van der Waals surface area contributed by atoms with Crippen LogP contribution in [-0.4, -0.2) is 72.9 Å². The quantitative estimate of drug-likeness (QED) is 0.799. The van der Waals surface area contributed by atoms with Crippen LogP contribution in [0.15, 0.2) is 12.4 Å². The summed E-state index contributed by atoms with van der Waals surface area (Å²) in [7, 11) is -0.235. The van der Waals surface area contributed by atoms with E-state index in [9.17, 15) is 8.42 Å². The summed E-state index contributed by atoms with van der Waals surface area (Å²) >= 11 is 0. The monoisotopic (exact) mass is 355 g/mol. The van der Waals surface area contributed by atoms with Gasteiger partial charge in [0.25, 0.3) is 10.2 Å². The van der Waals surface area contributed by atoms with Crippen LogP contribution in [0.25, 0.3) is 0 Å². The van der Waals surface area contributed by atoms with E-state index in [2.05, 4.69) is 15.3 Å². The molecule has 2 fully saturated rings. The molecular weight excluding hydrogens is 330 g/mol. The first kappa shape index (κ1) is 17.5. The summed E-state index contributed by atoms with van der Waals surface area (Å²) in [5, 5.41) is 3.23. The predicted octanol–water partition coefficient (Wildman–Crippen LogP) is 0.484. The van der Waals surface area contributed by atoms with E-state index in [-0.39, 0.29) is 5.60 Å². The number of aromatic nitrogens is 2. The lowest BCUT2D eigenvalue weighted by molar-refractivity contribution is -0.103. The Labute approximate surface area is 143 Å². The van der Waals surface area contributed by atoms with Gasteiger partial charge in [0.1, 0.15) is 0 Å². The molecule has 0 bridgehead atoms. The highest BCUT2D eigenvalue weighted by atomic mass is 32.2. The van der Waals surface area contributed by atoms with Gasteiger partial charge in [-0.1, -0.05) is 0 Å². The summed E-state index contributed by atoms with van der Waals surface area (Å²) < 4.78 is 33.0. The lowest BCUT2D eigenvalue weighted by atomic mass is 9.80. The first-order valence-corrected chi connectivity index (χ1v) is 9.57. The number of anilines is 1. The fourth-order valence-corrected chi connectivity index (χ4v) is 4.55. The molecule has 1 N–H and O–H groups in total. The zero-order chi connectivity index (χ0) is 17.4. The van der Waals surface area contributed by atoms with Gasteiger partial charge in [0.05, 0.1) is 5.60 Å². The Morgan fingerprint density at radius 2 is 2.04 bits per heavy atom. The fourth-order valence-electron chi connectivity index (χ4n) is 3.33. The molecule has 9 heteroatoms. The highest BCUT2D eigenvalue weighted by Crippen LogP contribution is 2.42. The van der Waals surface area contributed by atoms with Gasteiger partial charge in [-0.3, -0.25) is 0 Å². The Bertz CT molecular complexity index is 671. The van der Waals surface area contributed by atoms with Gasteiger partial charge < -0.3 is 10.1 Å². The van der Waals surface area contributed by atoms with Gasteiger partial charge in [-0.25, -0.2) is 9.97 Å². The normalized spacial score (nSPS) is 23.6. The van der Waals surface area contributed by atoms with Crippen LogP contribution in [-0.2, 0) is 14.9 Å². The molecule has 3 heterocycles. The highest BCUT2D eigenvalue weighted by Gasteiger charge is 2.56. The number of hydrogen-bond acceptors (Lipinski definition) is 6. The van der Waals surface area contributed by atoms with Gasteiger partial charge in [0, 0.05) is 52.7 Å². The minimum Gasteiger partial charge on any atom is -0.372 e. The third-order valence-electron chi connectivity index (χ3n) is 4.83. The summed E-state index contributed by atoms with van der Waals surface area (Å²) in [4.78, 5) is 8.46. The van der Waals surface area contributed by atoms with Crippen molar-refractivity contribution in [3.05, 3.63) is 18.0 Å². The number of nitrogens with zero attached hydrogens (tertiary/aromatic N) is 4. The second-order valence-electron chi connectivity index (χ2n) is 6.76. The SMILES string of the molecule is Cc1cnc(NCC[C@H]2CCOC23CN(S(=O)(=O)N(C)C)C3)nc1. The van der Waals surface area contributed by atoms with Crippen molar-refractivity contribution in [2.24, 2.45) is 5.92 Å². The van der Waals surface area contributed by atoms with E-state index in [1.54, 1.807) is 26.5 Å². The van der Waals surface area contributed by atoms with Gasteiger partial charge in [-0.15, -0.1) is 0 Å². The number of hydrogen-bond donors (Lipinski definition) is 1. The zero-order valence-electron chi connectivity index (χ0n) is 14.4. The Morgan fingerprint density at radius 3 is 2.67 bits per heavy atom. The van der Waals surface area contributed by atoms with Crippen molar-refractivity contribution >= 4 is 16.2 Å². The molecular formula is C15H25N5O3S. The van der Waals surface area contributed by atoms with Crippen molar-refractivity contribution in [3.8, 4) is 0 Å². The maximum Gasteiger partial charge on any atom is 0.281 e. The molecule has 0 saturated carbocycles. The largest absolute Gasteiger partial charge is 0.372 e. The van der Waals surface area contributed by atoms with Gasteiger partial charge >= 0.3 is 0 Å². The van der Waals surface area contributed by atoms with Crippen molar-refractivity contribution < 1.29 is 13.2 Å². The summed E-state index contributed by atoms with van der Waals surface area (Å²) in [6.07, 6.45) is 5.44. The molecule has 2 aliphatic heterocycles. The molecule has 0 unspecified atom stereocenters. The zero-order valence-corrected chi connectivity index (χ0v) is 15.2. The molecule has 3 rings (SSSR count). The average molecular weight is 355 g/mol. The average Bonchev–Trinajstić information content (AvgIpc) is 2.91. The summed E-state index contributed by atoms with van der Waals surface area (Å²) in [6.45, 7) is 4.28. The van der Waals surface area contributed by atoms with Crippen LogP contribution in [0, 0.1) is 12.8 Å². The van der Waals surface area contributed by atoms with Crippen molar-refractivity contribution in [3.63, 3.8) is 0 Å². The standard InChI is InChI=1S/C15H25N5O3S/c1-12-8-17-14(18-9-12)16-6-4-13-5-7-23-15(13)10-20(11-15)24(21,22)19(2)3/h8-9,13H,4-7,10-11H2,1-3H3,(H,16,17,18)/t13-/m0/s1. The fraction of sp³-hybridized carbons (Fsp3) is 0.733. The van der Waals surface area contributed by atoms with Crippen LogP contribution in [0.4, 0.5) is 5.95 Å². The predicted molar refractivity (Wildman–Crippen MR) is 90.8 cm³/mol. The molecule has 1 aromatic rings. The number of aryl methyl sites for hydroxylation is 1. The topological polar surface area (TPSA) is 87.7 Å². The van der Waals surface area contributed by atoms with Crippen molar-refractivity contribution in [2.75, 3.05) is 45.7 Å². The van der Waals surface area contributed by atoms with E-state index in [1.165, 1.54) is 8.61 Å². The molecule has 8 nitrogen and oxygen atoms in total. The van der Waals surface area contributed by atoms with Crippen LogP contribution in [0.2, 0.25) is 0 Å². The van der Waals surface area contributed by atoms with Gasteiger partial charge in [-0.05, 0) is 31.2 Å². The van der Waals surface area contributed by atoms with Crippen LogP contribution in [0.3, 0.4) is 0 Å². The summed E-state index contributed by atoms with van der Waals surface area (Å²) in [6, 6.07) is 0. The molecule has 1 atom stereocenters. The first-order valence-electron chi connectivity index (χ1n) is 8.17. The molecule has 2 aliphatic rings. The maximum atomic E-state index is 12.2. The molecule has 0 radical (unpaired) electrons.